The molecule has 0 radical (unpaired) electrons. The highest BCUT2D eigenvalue weighted by atomic mass is 16.1. The molecule has 0 aliphatic heterocycles. The molecule has 0 saturated carbocycles. The molecule has 0 unspecified atom stereocenters. The molecule has 0 amide bonds. The van der Waals surface area contributed by atoms with Crippen LogP contribution in [0.25, 0.3) is 10.4 Å². The fraction of sp³-hybridized carbons (Fsp3) is 0.250. The molecular formula is C12H11N3O. The van der Waals surface area contributed by atoms with Crippen molar-refractivity contribution in [3.63, 3.8) is 0 Å². The molecule has 0 aliphatic carbocycles. The quantitative estimate of drug-likeness (QED) is 0.329. The smallest absolute Gasteiger partial charge is 0.134 e. The van der Waals surface area contributed by atoms with Gasteiger partial charge in [-0.1, -0.05) is 29.1 Å². The number of benzene rings is 1. The largest absolute Gasteiger partial charge is 0.300 e. The van der Waals surface area contributed by atoms with E-state index in [1.54, 1.807) is 6.92 Å². The third-order valence-corrected chi connectivity index (χ3v) is 1.85. The Hall–Kier alpha value is -2.24. The van der Waals surface area contributed by atoms with Gasteiger partial charge in [0.1, 0.15) is 5.78 Å². The number of carbonyl (C=O) groups excluding carboxylic acids is 1. The Morgan fingerprint density at radius 2 is 2.12 bits per heavy atom. The zero-order valence-corrected chi connectivity index (χ0v) is 8.97. The average molecular weight is 213 g/mol. The van der Waals surface area contributed by atoms with Gasteiger partial charge in [-0.05, 0) is 30.2 Å². The molecule has 4 nitrogen and oxygen atoms in total. The predicted octanol–water partition coefficient (Wildman–Crippen LogP) is 2.48. The summed E-state index contributed by atoms with van der Waals surface area (Å²) in [7, 11) is 0. The number of hydrogen-bond donors (Lipinski definition) is 0. The molecule has 0 heterocycles. The molecule has 0 aliphatic rings. The van der Waals surface area contributed by atoms with Gasteiger partial charge >= 0.3 is 0 Å². The standard InChI is InChI=1S/C12H11N3O/c1-10(16)9-12-6-4-11(5-7-12)3-2-8-14-15-13/h4-7H,8-9H2,1H3. The van der Waals surface area contributed by atoms with E-state index >= 15 is 0 Å². The van der Waals surface area contributed by atoms with Crippen LogP contribution >= 0.6 is 0 Å². The highest BCUT2D eigenvalue weighted by Gasteiger charge is 1.96. The van der Waals surface area contributed by atoms with Crippen molar-refractivity contribution in [1.82, 2.24) is 0 Å². The van der Waals surface area contributed by atoms with Gasteiger partial charge in [0.25, 0.3) is 0 Å². The van der Waals surface area contributed by atoms with Crippen LogP contribution in [0.2, 0.25) is 0 Å². The molecule has 1 aromatic carbocycles. The summed E-state index contributed by atoms with van der Waals surface area (Å²) >= 11 is 0. The number of nitrogens with zero attached hydrogens (tertiary/aromatic N) is 3. The number of Topliss-reactive ketones (excluding diaryl/α,β-unsaturated/α-hetero) is 1. The summed E-state index contributed by atoms with van der Waals surface area (Å²) in [6.45, 7) is 1.74. The van der Waals surface area contributed by atoms with Crippen LogP contribution in [0.15, 0.2) is 29.4 Å². The summed E-state index contributed by atoms with van der Waals surface area (Å²) in [6.07, 6.45) is 0.451. The molecule has 16 heavy (non-hydrogen) atoms. The van der Waals surface area contributed by atoms with E-state index in [2.05, 4.69) is 21.9 Å². The van der Waals surface area contributed by atoms with Crippen LogP contribution < -0.4 is 0 Å². The van der Waals surface area contributed by atoms with Crippen molar-refractivity contribution in [3.8, 4) is 11.8 Å². The topological polar surface area (TPSA) is 65.8 Å². The first-order valence-electron chi connectivity index (χ1n) is 4.80. The lowest BCUT2D eigenvalue weighted by Crippen LogP contribution is -1.95. The molecule has 0 atom stereocenters. The first-order chi connectivity index (χ1) is 7.72. The lowest BCUT2D eigenvalue weighted by Gasteiger charge is -1.96. The summed E-state index contributed by atoms with van der Waals surface area (Å²) in [5.41, 5.74) is 9.87. The van der Waals surface area contributed by atoms with E-state index in [0.717, 1.165) is 11.1 Å². The fourth-order valence-electron chi connectivity index (χ4n) is 1.20. The molecule has 4 heteroatoms. The van der Waals surface area contributed by atoms with E-state index in [9.17, 15) is 4.79 Å². The third kappa shape index (κ3) is 4.32. The minimum atomic E-state index is 0.141. The van der Waals surface area contributed by atoms with Gasteiger partial charge in [0.2, 0.25) is 0 Å². The van der Waals surface area contributed by atoms with Crippen molar-refractivity contribution in [2.24, 2.45) is 5.11 Å². The number of carbonyl (C=O) groups is 1. The Kier molecular flexibility index (Phi) is 4.65. The van der Waals surface area contributed by atoms with E-state index in [4.69, 9.17) is 5.53 Å². The zero-order valence-electron chi connectivity index (χ0n) is 8.97. The lowest BCUT2D eigenvalue weighted by molar-refractivity contribution is -0.116. The number of rotatable bonds is 3. The highest BCUT2D eigenvalue weighted by molar-refractivity contribution is 5.78. The van der Waals surface area contributed by atoms with Crippen molar-refractivity contribution in [2.75, 3.05) is 6.54 Å². The summed E-state index contributed by atoms with van der Waals surface area (Å²) in [6, 6.07) is 7.45. The lowest BCUT2D eigenvalue weighted by atomic mass is 10.1. The first kappa shape index (κ1) is 11.8. The van der Waals surface area contributed by atoms with Crippen LogP contribution in [0.1, 0.15) is 18.1 Å². The van der Waals surface area contributed by atoms with E-state index in [-0.39, 0.29) is 12.3 Å². The van der Waals surface area contributed by atoms with E-state index in [0.29, 0.717) is 6.42 Å². The molecule has 0 spiro atoms. The van der Waals surface area contributed by atoms with Crippen molar-refractivity contribution < 1.29 is 4.79 Å². The van der Waals surface area contributed by atoms with E-state index < -0.39 is 0 Å². The molecule has 80 valence electrons. The van der Waals surface area contributed by atoms with Crippen LogP contribution in [-0.4, -0.2) is 12.3 Å². The summed E-state index contributed by atoms with van der Waals surface area (Å²) in [5, 5.41) is 3.31. The number of ketones is 1. The van der Waals surface area contributed by atoms with E-state index in [1.807, 2.05) is 24.3 Å². The normalized spacial score (nSPS) is 8.56. The second-order valence-electron chi connectivity index (χ2n) is 3.27. The van der Waals surface area contributed by atoms with Crippen LogP contribution in [0.4, 0.5) is 0 Å². The van der Waals surface area contributed by atoms with Crippen molar-refractivity contribution in [1.29, 1.82) is 0 Å². The van der Waals surface area contributed by atoms with Gasteiger partial charge in [-0.3, -0.25) is 4.79 Å². The highest BCUT2D eigenvalue weighted by Crippen LogP contribution is 2.04. The minimum Gasteiger partial charge on any atom is -0.300 e. The molecule has 1 aromatic rings. The maximum Gasteiger partial charge on any atom is 0.134 e. The van der Waals surface area contributed by atoms with E-state index in [1.165, 1.54) is 0 Å². The monoisotopic (exact) mass is 213 g/mol. The van der Waals surface area contributed by atoms with Gasteiger partial charge in [-0.15, -0.1) is 0 Å². The second-order valence-corrected chi connectivity index (χ2v) is 3.27. The molecule has 1 rings (SSSR count). The van der Waals surface area contributed by atoms with Crippen LogP contribution in [-0.2, 0) is 11.2 Å². The number of azide groups is 1. The molecule has 0 aromatic heterocycles. The maximum absolute atomic E-state index is 10.9. The zero-order chi connectivity index (χ0) is 11.8. The van der Waals surface area contributed by atoms with Crippen LogP contribution in [0.3, 0.4) is 0 Å². The van der Waals surface area contributed by atoms with Gasteiger partial charge in [0.15, 0.2) is 0 Å². The van der Waals surface area contributed by atoms with Crippen molar-refractivity contribution >= 4 is 5.78 Å². The van der Waals surface area contributed by atoms with Gasteiger partial charge in [0, 0.05) is 16.9 Å². The summed E-state index contributed by atoms with van der Waals surface area (Å²) in [4.78, 5) is 13.5. The fourth-order valence-corrected chi connectivity index (χ4v) is 1.20. The third-order valence-electron chi connectivity index (χ3n) is 1.85. The van der Waals surface area contributed by atoms with Crippen LogP contribution in [0, 0.1) is 11.8 Å². The SMILES string of the molecule is CC(=O)Cc1ccc(C#CCN=[N+]=[N-])cc1. The summed E-state index contributed by atoms with van der Waals surface area (Å²) < 4.78 is 0. The Morgan fingerprint density at radius 1 is 1.44 bits per heavy atom. The molecule has 0 fully saturated rings. The van der Waals surface area contributed by atoms with Gasteiger partial charge in [-0.2, -0.15) is 0 Å². The molecule has 0 N–H and O–H groups in total. The Balaban J connectivity index is 2.66. The maximum atomic E-state index is 10.9. The Bertz CT molecular complexity index is 473. The average Bonchev–Trinajstić information content (AvgIpc) is 2.26. The Morgan fingerprint density at radius 3 is 2.69 bits per heavy atom. The van der Waals surface area contributed by atoms with Gasteiger partial charge in [-0.25, -0.2) is 0 Å². The first-order valence-corrected chi connectivity index (χ1v) is 4.80. The number of hydrogen-bond acceptors (Lipinski definition) is 2. The molecular weight excluding hydrogens is 202 g/mol. The molecule has 0 saturated heterocycles. The second kappa shape index (κ2) is 6.28. The van der Waals surface area contributed by atoms with Gasteiger partial charge < -0.3 is 0 Å². The van der Waals surface area contributed by atoms with Crippen molar-refractivity contribution in [3.05, 3.63) is 45.8 Å². The minimum absolute atomic E-state index is 0.141. The van der Waals surface area contributed by atoms with Crippen molar-refractivity contribution in [2.45, 2.75) is 13.3 Å². The van der Waals surface area contributed by atoms with Crippen LogP contribution in [0.5, 0.6) is 0 Å². The summed E-state index contributed by atoms with van der Waals surface area (Å²) in [5.74, 6) is 5.73. The predicted molar refractivity (Wildman–Crippen MR) is 61.7 cm³/mol. The molecule has 0 bridgehead atoms. The van der Waals surface area contributed by atoms with Gasteiger partial charge in [0.05, 0.1) is 6.54 Å². The Labute approximate surface area is 93.9 Å².